The Labute approximate surface area is 142 Å². The molecule has 122 valence electrons. The maximum absolute atomic E-state index is 12.2. The summed E-state index contributed by atoms with van der Waals surface area (Å²) in [6, 6.07) is 22.1. The summed E-state index contributed by atoms with van der Waals surface area (Å²) in [7, 11) is 0. The van der Waals surface area contributed by atoms with Gasteiger partial charge in [0.15, 0.2) is 0 Å². The predicted molar refractivity (Wildman–Crippen MR) is 100 cm³/mol. The second-order valence-corrected chi connectivity index (χ2v) is 6.23. The van der Waals surface area contributed by atoms with E-state index in [-0.39, 0.29) is 6.03 Å². The van der Waals surface area contributed by atoms with Crippen LogP contribution >= 0.6 is 0 Å². The lowest BCUT2D eigenvalue weighted by atomic mass is 10.0. The molecule has 0 aliphatic heterocycles. The largest absolute Gasteiger partial charge is 0.334 e. The molecule has 0 radical (unpaired) electrons. The van der Waals surface area contributed by atoms with Crippen molar-refractivity contribution in [1.82, 2.24) is 5.32 Å². The molecule has 2 N–H and O–H groups in total. The zero-order valence-electron chi connectivity index (χ0n) is 14.0. The van der Waals surface area contributed by atoms with Gasteiger partial charge in [-0.15, -0.1) is 0 Å². The van der Waals surface area contributed by atoms with Crippen molar-refractivity contribution >= 4 is 22.5 Å². The van der Waals surface area contributed by atoms with E-state index in [1.54, 1.807) is 0 Å². The fourth-order valence-electron chi connectivity index (χ4n) is 2.70. The molecule has 0 bridgehead atoms. The molecule has 3 aromatic carbocycles. The van der Waals surface area contributed by atoms with E-state index in [1.165, 1.54) is 5.56 Å². The Morgan fingerprint density at radius 1 is 0.917 bits per heavy atom. The van der Waals surface area contributed by atoms with Crippen molar-refractivity contribution in [3.05, 3.63) is 77.9 Å². The fourth-order valence-corrected chi connectivity index (χ4v) is 2.70. The number of anilines is 1. The number of nitrogens with one attached hydrogen (secondary N) is 2. The topological polar surface area (TPSA) is 41.1 Å². The molecule has 0 fully saturated rings. The Balaban J connectivity index is 1.63. The first-order chi connectivity index (χ1) is 11.6. The van der Waals surface area contributed by atoms with Gasteiger partial charge in [0, 0.05) is 11.9 Å². The van der Waals surface area contributed by atoms with Crippen molar-refractivity contribution in [2.75, 3.05) is 5.32 Å². The van der Waals surface area contributed by atoms with Gasteiger partial charge >= 0.3 is 6.03 Å². The maximum atomic E-state index is 12.2. The summed E-state index contributed by atoms with van der Waals surface area (Å²) >= 11 is 0. The lowest BCUT2D eigenvalue weighted by Crippen LogP contribution is -2.28. The molecular weight excluding hydrogens is 296 g/mol. The SMILES string of the molecule is CC(C)c1ccc(CNC(=O)Nc2cccc3ccccc23)cc1. The van der Waals surface area contributed by atoms with Gasteiger partial charge in [-0.1, -0.05) is 74.5 Å². The minimum Gasteiger partial charge on any atom is -0.334 e. The number of amides is 2. The van der Waals surface area contributed by atoms with Crippen molar-refractivity contribution in [3.63, 3.8) is 0 Å². The lowest BCUT2D eigenvalue weighted by molar-refractivity contribution is 0.252. The monoisotopic (exact) mass is 318 g/mol. The molecule has 0 spiro atoms. The molecule has 2 amide bonds. The quantitative estimate of drug-likeness (QED) is 0.674. The summed E-state index contributed by atoms with van der Waals surface area (Å²) in [6.45, 7) is 4.85. The van der Waals surface area contributed by atoms with Crippen LogP contribution in [-0.2, 0) is 6.54 Å². The van der Waals surface area contributed by atoms with Gasteiger partial charge in [-0.05, 0) is 28.5 Å². The highest BCUT2D eigenvalue weighted by atomic mass is 16.2. The lowest BCUT2D eigenvalue weighted by Gasteiger charge is -2.11. The highest BCUT2D eigenvalue weighted by Crippen LogP contribution is 2.22. The van der Waals surface area contributed by atoms with Crippen LogP contribution in [-0.4, -0.2) is 6.03 Å². The van der Waals surface area contributed by atoms with Crippen LogP contribution in [0.1, 0.15) is 30.9 Å². The zero-order valence-corrected chi connectivity index (χ0v) is 14.0. The molecule has 3 rings (SSSR count). The number of rotatable bonds is 4. The fraction of sp³-hybridized carbons (Fsp3) is 0.190. The number of carbonyl (C=O) groups is 1. The van der Waals surface area contributed by atoms with Gasteiger partial charge in [0.2, 0.25) is 0 Å². The molecule has 3 nitrogen and oxygen atoms in total. The van der Waals surface area contributed by atoms with Crippen molar-refractivity contribution in [2.45, 2.75) is 26.3 Å². The number of hydrogen-bond donors (Lipinski definition) is 2. The van der Waals surface area contributed by atoms with Crippen LogP contribution in [0.15, 0.2) is 66.7 Å². The summed E-state index contributed by atoms with van der Waals surface area (Å²) in [4.78, 5) is 12.2. The van der Waals surface area contributed by atoms with E-state index in [0.29, 0.717) is 12.5 Å². The minimum absolute atomic E-state index is 0.195. The molecule has 24 heavy (non-hydrogen) atoms. The smallest absolute Gasteiger partial charge is 0.319 e. The van der Waals surface area contributed by atoms with E-state index in [0.717, 1.165) is 22.0 Å². The van der Waals surface area contributed by atoms with Gasteiger partial charge in [-0.25, -0.2) is 4.79 Å². The first-order valence-corrected chi connectivity index (χ1v) is 8.25. The average Bonchev–Trinajstić information content (AvgIpc) is 2.61. The third-order valence-corrected chi connectivity index (χ3v) is 4.14. The maximum Gasteiger partial charge on any atom is 0.319 e. The summed E-state index contributed by atoms with van der Waals surface area (Å²) in [5, 5.41) is 7.99. The number of fused-ring (bicyclic) bond motifs is 1. The first kappa shape index (κ1) is 16.1. The van der Waals surface area contributed by atoms with Crippen LogP contribution in [0, 0.1) is 0 Å². The van der Waals surface area contributed by atoms with Gasteiger partial charge in [0.1, 0.15) is 0 Å². The highest BCUT2D eigenvalue weighted by molar-refractivity contribution is 6.01. The average molecular weight is 318 g/mol. The predicted octanol–water partition coefficient (Wildman–Crippen LogP) is 5.28. The highest BCUT2D eigenvalue weighted by Gasteiger charge is 2.05. The summed E-state index contributed by atoms with van der Waals surface area (Å²) in [5.41, 5.74) is 3.21. The second-order valence-electron chi connectivity index (χ2n) is 6.23. The Morgan fingerprint density at radius 3 is 2.38 bits per heavy atom. The second kappa shape index (κ2) is 7.18. The molecular formula is C21H22N2O. The third-order valence-electron chi connectivity index (χ3n) is 4.14. The van der Waals surface area contributed by atoms with Crippen LogP contribution in [0.2, 0.25) is 0 Å². The Morgan fingerprint density at radius 2 is 1.62 bits per heavy atom. The van der Waals surface area contributed by atoms with E-state index < -0.39 is 0 Å². The summed E-state index contributed by atoms with van der Waals surface area (Å²) in [5.74, 6) is 0.515. The molecule has 0 unspecified atom stereocenters. The van der Waals surface area contributed by atoms with E-state index in [4.69, 9.17) is 0 Å². The van der Waals surface area contributed by atoms with Crippen LogP contribution < -0.4 is 10.6 Å². The Hall–Kier alpha value is -2.81. The van der Waals surface area contributed by atoms with Crippen molar-refractivity contribution in [1.29, 1.82) is 0 Å². The molecule has 0 aromatic heterocycles. The third kappa shape index (κ3) is 3.74. The van der Waals surface area contributed by atoms with Crippen molar-refractivity contribution in [3.8, 4) is 0 Å². The molecule has 0 saturated heterocycles. The van der Waals surface area contributed by atoms with E-state index in [9.17, 15) is 4.79 Å². The Bertz CT molecular complexity index is 833. The Kier molecular flexibility index (Phi) is 4.80. The van der Waals surface area contributed by atoms with E-state index in [2.05, 4.69) is 48.7 Å². The van der Waals surface area contributed by atoms with Crippen molar-refractivity contribution in [2.24, 2.45) is 0 Å². The molecule has 3 heteroatoms. The number of urea groups is 1. The zero-order chi connectivity index (χ0) is 16.9. The van der Waals surface area contributed by atoms with Crippen LogP contribution in [0.25, 0.3) is 10.8 Å². The van der Waals surface area contributed by atoms with E-state index >= 15 is 0 Å². The van der Waals surface area contributed by atoms with Crippen LogP contribution in [0.3, 0.4) is 0 Å². The summed E-state index contributed by atoms with van der Waals surface area (Å²) in [6.07, 6.45) is 0. The van der Waals surface area contributed by atoms with Crippen LogP contribution in [0.5, 0.6) is 0 Å². The van der Waals surface area contributed by atoms with E-state index in [1.807, 2.05) is 42.5 Å². The number of carbonyl (C=O) groups excluding carboxylic acids is 1. The standard InChI is InChI=1S/C21H22N2O/c1-15(2)17-12-10-16(11-13-17)14-22-21(24)23-20-9-5-7-18-6-3-4-8-19(18)20/h3-13,15H,14H2,1-2H3,(H2,22,23,24). The van der Waals surface area contributed by atoms with Gasteiger partial charge in [0.05, 0.1) is 5.69 Å². The van der Waals surface area contributed by atoms with Crippen molar-refractivity contribution < 1.29 is 4.79 Å². The molecule has 3 aromatic rings. The molecule has 0 aliphatic carbocycles. The molecule has 0 saturated carbocycles. The number of benzene rings is 3. The first-order valence-electron chi connectivity index (χ1n) is 8.25. The number of hydrogen-bond acceptors (Lipinski definition) is 1. The molecule has 0 heterocycles. The van der Waals surface area contributed by atoms with Gasteiger partial charge in [0.25, 0.3) is 0 Å². The molecule has 0 aliphatic rings. The van der Waals surface area contributed by atoms with Gasteiger partial charge in [-0.2, -0.15) is 0 Å². The molecule has 0 atom stereocenters. The normalized spacial score (nSPS) is 10.8. The summed E-state index contributed by atoms with van der Waals surface area (Å²) < 4.78 is 0. The van der Waals surface area contributed by atoms with Gasteiger partial charge < -0.3 is 10.6 Å². The minimum atomic E-state index is -0.195. The van der Waals surface area contributed by atoms with Crippen LogP contribution in [0.4, 0.5) is 10.5 Å². The van der Waals surface area contributed by atoms with Gasteiger partial charge in [-0.3, -0.25) is 0 Å².